The molecule has 4 aromatic rings. The lowest BCUT2D eigenvalue weighted by molar-refractivity contribution is -0.140. The first-order valence-electron chi connectivity index (χ1n) is 14.9. The number of fused-ring (bicyclic) bond motifs is 1. The van der Waals surface area contributed by atoms with Crippen molar-refractivity contribution in [1.82, 2.24) is 34.4 Å². The number of benzene rings is 1. The van der Waals surface area contributed by atoms with Crippen LogP contribution in [0, 0.1) is 0 Å². The van der Waals surface area contributed by atoms with Crippen LogP contribution in [0.3, 0.4) is 0 Å². The van der Waals surface area contributed by atoms with Gasteiger partial charge in [0.25, 0.3) is 0 Å². The van der Waals surface area contributed by atoms with E-state index in [0.717, 1.165) is 36.0 Å². The van der Waals surface area contributed by atoms with Gasteiger partial charge in [0.1, 0.15) is 29.9 Å². The first-order chi connectivity index (χ1) is 21.8. The number of nitrogens with zero attached hydrogens (tertiary/aromatic N) is 7. The molecule has 0 N–H and O–H groups in total. The van der Waals surface area contributed by atoms with Gasteiger partial charge in [-0.1, -0.05) is 24.3 Å². The van der Waals surface area contributed by atoms with Crippen LogP contribution in [0.15, 0.2) is 36.8 Å². The predicted molar refractivity (Wildman–Crippen MR) is 160 cm³/mol. The smallest absolute Gasteiger partial charge is 0.434 e. The van der Waals surface area contributed by atoms with Crippen LogP contribution in [0.1, 0.15) is 67.7 Å². The zero-order valence-electron chi connectivity index (χ0n) is 26.2. The van der Waals surface area contributed by atoms with Gasteiger partial charge in [-0.05, 0) is 39.2 Å². The fourth-order valence-corrected chi connectivity index (χ4v) is 5.28. The normalized spacial score (nSPS) is 15.0. The average molecular weight is 638 g/mol. The SMILES string of the molecule is COc1ncnc(C2CC2)c1-c1nc2c(c(OCc3ccc(-c4nc(C(F)(F)F)cn4C)cc3)n1)CN(C(=O)OC(C)(C)C)CC2. The van der Waals surface area contributed by atoms with E-state index in [0.29, 0.717) is 47.2 Å². The van der Waals surface area contributed by atoms with Crippen LogP contribution in [0.25, 0.3) is 22.8 Å². The number of alkyl halides is 3. The van der Waals surface area contributed by atoms with Crippen molar-refractivity contribution in [3.63, 3.8) is 0 Å². The lowest BCUT2D eigenvalue weighted by Gasteiger charge is -2.31. The Bertz CT molecular complexity index is 1760. The van der Waals surface area contributed by atoms with Crippen LogP contribution < -0.4 is 9.47 Å². The van der Waals surface area contributed by atoms with Gasteiger partial charge in [-0.2, -0.15) is 18.2 Å². The molecule has 1 amide bonds. The number of aryl methyl sites for hydroxylation is 1. The molecule has 0 bridgehead atoms. The average Bonchev–Trinajstić information content (AvgIpc) is 3.78. The molecule has 14 heteroatoms. The molecule has 1 aliphatic heterocycles. The maximum atomic E-state index is 13.2. The molecule has 1 aliphatic carbocycles. The highest BCUT2D eigenvalue weighted by Crippen LogP contribution is 2.45. The van der Waals surface area contributed by atoms with Crippen molar-refractivity contribution in [3.8, 4) is 34.5 Å². The first kappa shape index (κ1) is 31.2. The van der Waals surface area contributed by atoms with Gasteiger partial charge in [0, 0.05) is 37.7 Å². The van der Waals surface area contributed by atoms with Gasteiger partial charge in [0.2, 0.25) is 11.8 Å². The molecule has 242 valence electrons. The highest BCUT2D eigenvalue weighted by atomic mass is 19.4. The molecule has 0 atom stereocenters. The summed E-state index contributed by atoms with van der Waals surface area (Å²) >= 11 is 0. The summed E-state index contributed by atoms with van der Waals surface area (Å²) in [6, 6.07) is 6.91. The molecule has 0 radical (unpaired) electrons. The standard InChI is InChI=1S/C32H34F3N7O4/c1-31(2,3)46-30(43)42-13-12-22-21(14-42)28(40-26(38-22)24-25(19-10-11-19)36-17-37-29(24)44-5)45-16-18-6-8-20(9-7-18)27-39-23(15-41(27)4)32(33,34)35/h6-9,15,17,19H,10-14,16H2,1-5H3. The maximum absolute atomic E-state index is 13.2. The van der Waals surface area contributed by atoms with Crippen molar-refractivity contribution in [2.24, 2.45) is 7.05 Å². The summed E-state index contributed by atoms with van der Waals surface area (Å²) < 4.78 is 58.4. The summed E-state index contributed by atoms with van der Waals surface area (Å²) in [5.41, 5.74) is 2.51. The Labute approximate surface area is 263 Å². The molecular formula is C32H34F3N7O4. The lowest BCUT2D eigenvalue weighted by Crippen LogP contribution is -2.40. The Hall–Kier alpha value is -4.75. The molecule has 11 nitrogen and oxygen atoms in total. The van der Waals surface area contributed by atoms with Gasteiger partial charge >= 0.3 is 12.3 Å². The van der Waals surface area contributed by atoms with Gasteiger partial charge < -0.3 is 23.7 Å². The van der Waals surface area contributed by atoms with Crippen LogP contribution in [0.4, 0.5) is 18.0 Å². The fourth-order valence-electron chi connectivity index (χ4n) is 5.28. The van der Waals surface area contributed by atoms with E-state index in [9.17, 15) is 18.0 Å². The van der Waals surface area contributed by atoms with Crippen molar-refractivity contribution in [2.45, 2.75) is 70.9 Å². The number of halogens is 3. The van der Waals surface area contributed by atoms with Crippen LogP contribution in [0.2, 0.25) is 0 Å². The number of hydrogen-bond donors (Lipinski definition) is 0. The monoisotopic (exact) mass is 637 g/mol. The first-order valence-corrected chi connectivity index (χ1v) is 14.9. The molecular weight excluding hydrogens is 603 g/mol. The Morgan fingerprint density at radius 1 is 1.02 bits per heavy atom. The largest absolute Gasteiger partial charge is 0.480 e. The number of amides is 1. The lowest BCUT2D eigenvalue weighted by atomic mass is 10.1. The third kappa shape index (κ3) is 6.60. The van der Waals surface area contributed by atoms with Gasteiger partial charge in [-0.25, -0.2) is 24.7 Å². The minimum absolute atomic E-state index is 0.0991. The van der Waals surface area contributed by atoms with E-state index in [-0.39, 0.29) is 24.9 Å². The third-order valence-corrected chi connectivity index (χ3v) is 7.65. The number of ether oxygens (including phenoxy) is 3. The minimum Gasteiger partial charge on any atom is -0.480 e. The third-order valence-electron chi connectivity index (χ3n) is 7.65. The molecule has 0 unspecified atom stereocenters. The van der Waals surface area contributed by atoms with Crippen molar-refractivity contribution in [1.29, 1.82) is 0 Å². The molecule has 6 rings (SSSR count). The highest BCUT2D eigenvalue weighted by molar-refractivity contribution is 5.70. The Kier molecular flexibility index (Phi) is 8.07. The van der Waals surface area contributed by atoms with Crippen LogP contribution in [-0.4, -0.2) is 59.7 Å². The summed E-state index contributed by atoms with van der Waals surface area (Å²) in [4.78, 5) is 36.9. The molecule has 2 aliphatic rings. The van der Waals surface area contributed by atoms with E-state index in [1.807, 2.05) is 20.8 Å². The summed E-state index contributed by atoms with van der Waals surface area (Å²) in [5, 5.41) is 0. The van der Waals surface area contributed by atoms with E-state index in [1.54, 1.807) is 29.2 Å². The number of carbonyl (C=O) groups is 1. The van der Waals surface area contributed by atoms with Gasteiger partial charge in [-0.15, -0.1) is 0 Å². The predicted octanol–water partition coefficient (Wildman–Crippen LogP) is 6.11. The van der Waals surface area contributed by atoms with Gasteiger partial charge in [-0.3, -0.25) is 0 Å². The fraction of sp³-hybridized carbons (Fsp3) is 0.438. The number of imidazole rings is 1. The molecule has 1 saturated carbocycles. The molecule has 1 aromatic carbocycles. The van der Waals surface area contributed by atoms with Crippen molar-refractivity contribution >= 4 is 6.09 Å². The zero-order valence-corrected chi connectivity index (χ0v) is 26.2. The Morgan fingerprint density at radius 2 is 1.76 bits per heavy atom. The molecule has 3 aromatic heterocycles. The number of carbonyl (C=O) groups excluding carboxylic acids is 1. The zero-order chi connectivity index (χ0) is 32.8. The minimum atomic E-state index is -4.53. The molecule has 0 saturated heterocycles. The number of hydrogen-bond acceptors (Lipinski definition) is 9. The summed E-state index contributed by atoms with van der Waals surface area (Å²) in [6.45, 7) is 6.13. The van der Waals surface area contributed by atoms with Gasteiger partial charge in [0.05, 0.1) is 30.6 Å². The second-order valence-corrected chi connectivity index (χ2v) is 12.4. The van der Waals surface area contributed by atoms with Crippen molar-refractivity contribution < 1.29 is 32.2 Å². The van der Waals surface area contributed by atoms with Crippen molar-refractivity contribution in [2.75, 3.05) is 13.7 Å². The van der Waals surface area contributed by atoms with Crippen LogP contribution >= 0.6 is 0 Å². The quantitative estimate of drug-likeness (QED) is 0.237. The maximum Gasteiger partial charge on any atom is 0.434 e. The Balaban J connectivity index is 1.32. The molecule has 4 heterocycles. The summed E-state index contributed by atoms with van der Waals surface area (Å²) in [5.74, 6) is 1.51. The highest BCUT2D eigenvalue weighted by Gasteiger charge is 2.35. The van der Waals surface area contributed by atoms with E-state index < -0.39 is 23.6 Å². The van der Waals surface area contributed by atoms with Crippen molar-refractivity contribution in [3.05, 3.63) is 65.0 Å². The second-order valence-electron chi connectivity index (χ2n) is 12.4. The topological polar surface area (TPSA) is 117 Å². The van der Waals surface area contributed by atoms with E-state index in [1.165, 1.54) is 25.1 Å². The molecule has 1 fully saturated rings. The molecule has 0 spiro atoms. The summed E-state index contributed by atoms with van der Waals surface area (Å²) in [6.07, 6.45) is -0.0918. The number of rotatable bonds is 7. The van der Waals surface area contributed by atoms with E-state index >= 15 is 0 Å². The van der Waals surface area contributed by atoms with Crippen LogP contribution in [0.5, 0.6) is 11.8 Å². The number of methoxy groups -OCH3 is 1. The number of aromatic nitrogens is 6. The van der Waals surface area contributed by atoms with E-state index in [4.69, 9.17) is 24.2 Å². The van der Waals surface area contributed by atoms with Crippen LogP contribution in [-0.2, 0) is 37.5 Å². The molecule has 46 heavy (non-hydrogen) atoms. The second kappa shape index (κ2) is 11.9. The van der Waals surface area contributed by atoms with Gasteiger partial charge in [0.15, 0.2) is 11.5 Å². The van der Waals surface area contributed by atoms with E-state index in [2.05, 4.69) is 15.0 Å². The Morgan fingerprint density at radius 3 is 2.39 bits per heavy atom. The summed E-state index contributed by atoms with van der Waals surface area (Å²) in [7, 11) is 3.06.